The van der Waals surface area contributed by atoms with Crippen LogP contribution in [0.1, 0.15) is 23.9 Å². The highest BCUT2D eigenvalue weighted by molar-refractivity contribution is 7.09. The Bertz CT molecular complexity index is 444. The van der Waals surface area contributed by atoms with E-state index in [1.165, 1.54) is 11.3 Å². The van der Waals surface area contributed by atoms with Crippen molar-refractivity contribution in [1.29, 1.82) is 0 Å². The zero-order chi connectivity index (χ0) is 12.4. The Labute approximate surface area is 104 Å². The van der Waals surface area contributed by atoms with E-state index < -0.39 is 0 Å². The smallest absolute Gasteiger partial charge is 0.245 e. The number of rotatable bonds is 3. The van der Waals surface area contributed by atoms with E-state index in [0.717, 1.165) is 10.6 Å². The normalized spacial score (nSPS) is 20.6. The molecular weight excluding hydrogens is 238 g/mol. The molecule has 5 nitrogen and oxygen atoms in total. The number of carbonyl (C=O) groups excluding carboxylic acids is 2. The van der Waals surface area contributed by atoms with Crippen LogP contribution in [0, 0.1) is 6.92 Å². The Hall–Kier alpha value is -1.43. The maximum atomic E-state index is 12.0. The first-order valence-electron chi connectivity index (χ1n) is 5.59. The first-order chi connectivity index (χ1) is 8.11. The summed E-state index contributed by atoms with van der Waals surface area (Å²) in [6, 6.07) is -0.371. The molecule has 1 saturated heterocycles. The highest BCUT2D eigenvalue weighted by Gasteiger charge is 2.31. The number of amides is 2. The van der Waals surface area contributed by atoms with Gasteiger partial charge < -0.3 is 10.2 Å². The molecule has 1 N–H and O–H groups in total. The summed E-state index contributed by atoms with van der Waals surface area (Å²) in [6.07, 6.45) is 0.628. The molecule has 92 valence electrons. The van der Waals surface area contributed by atoms with Crippen LogP contribution in [0.15, 0.2) is 5.51 Å². The molecule has 1 fully saturated rings. The van der Waals surface area contributed by atoms with E-state index in [1.54, 1.807) is 10.4 Å². The first kappa shape index (κ1) is 12.0. The quantitative estimate of drug-likeness (QED) is 0.862. The van der Waals surface area contributed by atoms with Crippen LogP contribution in [0.3, 0.4) is 0 Å². The number of hydrogen-bond acceptors (Lipinski definition) is 4. The zero-order valence-electron chi connectivity index (χ0n) is 9.90. The van der Waals surface area contributed by atoms with Gasteiger partial charge in [0, 0.05) is 4.88 Å². The molecule has 6 heteroatoms. The van der Waals surface area contributed by atoms with Crippen LogP contribution < -0.4 is 5.32 Å². The summed E-state index contributed by atoms with van der Waals surface area (Å²) in [5, 5.41) is 2.70. The molecule has 0 saturated carbocycles. The fourth-order valence-corrected chi connectivity index (χ4v) is 2.63. The molecule has 0 radical (unpaired) electrons. The lowest BCUT2D eigenvalue weighted by Crippen LogP contribution is -2.57. The van der Waals surface area contributed by atoms with Crippen molar-refractivity contribution in [1.82, 2.24) is 15.2 Å². The maximum absolute atomic E-state index is 12.0. The minimum absolute atomic E-state index is 0.0000926. The average Bonchev–Trinajstić information content (AvgIpc) is 2.69. The Morgan fingerprint density at radius 1 is 1.59 bits per heavy atom. The molecule has 0 spiro atoms. The third kappa shape index (κ3) is 2.46. The number of nitrogens with one attached hydrogen (secondary N) is 1. The lowest BCUT2D eigenvalue weighted by Gasteiger charge is -2.31. The summed E-state index contributed by atoms with van der Waals surface area (Å²) < 4.78 is 0. The van der Waals surface area contributed by atoms with E-state index in [1.807, 2.05) is 13.8 Å². The summed E-state index contributed by atoms with van der Waals surface area (Å²) in [6.45, 7) is 4.44. The molecular formula is C11H15N3O2S. The highest BCUT2D eigenvalue weighted by Crippen LogP contribution is 2.17. The Balaban J connectivity index is 2.12. The maximum Gasteiger partial charge on any atom is 0.245 e. The van der Waals surface area contributed by atoms with Gasteiger partial charge >= 0.3 is 0 Å². The second-order valence-electron chi connectivity index (χ2n) is 4.08. The summed E-state index contributed by atoms with van der Waals surface area (Å²) in [4.78, 5) is 30.3. The van der Waals surface area contributed by atoms with Crippen molar-refractivity contribution in [2.75, 3.05) is 6.54 Å². The number of piperazine rings is 1. The lowest BCUT2D eigenvalue weighted by molar-refractivity contribution is -0.144. The summed E-state index contributed by atoms with van der Waals surface area (Å²) in [7, 11) is 0. The number of hydrogen-bond donors (Lipinski definition) is 1. The van der Waals surface area contributed by atoms with E-state index in [9.17, 15) is 9.59 Å². The topological polar surface area (TPSA) is 62.3 Å². The molecule has 0 aliphatic carbocycles. The van der Waals surface area contributed by atoms with E-state index in [-0.39, 0.29) is 24.4 Å². The van der Waals surface area contributed by atoms with E-state index in [0.29, 0.717) is 13.0 Å². The number of carbonyl (C=O) groups is 2. The van der Waals surface area contributed by atoms with E-state index in [2.05, 4.69) is 10.3 Å². The largest absolute Gasteiger partial charge is 0.343 e. The molecule has 0 bridgehead atoms. The van der Waals surface area contributed by atoms with Gasteiger partial charge in [-0.2, -0.15) is 0 Å². The molecule has 1 unspecified atom stereocenters. The van der Waals surface area contributed by atoms with Crippen LogP contribution in [0.25, 0.3) is 0 Å². The van der Waals surface area contributed by atoms with Crippen LogP contribution in [0.2, 0.25) is 0 Å². The second kappa shape index (κ2) is 4.83. The van der Waals surface area contributed by atoms with Gasteiger partial charge in [0.15, 0.2) is 0 Å². The molecule has 1 atom stereocenters. The van der Waals surface area contributed by atoms with Gasteiger partial charge in [0.25, 0.3) is 0 Å². The number of nitrogens with zero attached hydrogens (tertiary/aromatic N) is 2. The molecule has 1 aromatic heterocycles. The molecule has 2 heterocycles. The second-order valence-corrected chi connectivity index (χ2v) is 5.02. The molecule has 0 aromatic carbocycles. The fraction of sp³-hybridized carbons (Fsp3) is 0.545. The van der Waals surface area contributed by atoms with Crippen LogP contribution in [-0.4, -0.2) is 34.3 Å². The van der Waals surface area contributed by atoms with Gasteiger partial charge in [0.2, 0.25) is 11.8 Å². The summed E-state index contributed by atoms with van der Waals surface area (Å²) in [5.74, 6) is -0.0847. The fourth-order valence-electron chi connectivity index (χ4n) is 1.84. The molecule has 1 aliphatic heterocycles. The van der Waals surface area contributed by atoms with Gasteiger partial charge in [-0.25, -0.2) is 4.98 Å². The van der Waals surface area contributed by atoms with Crippen LogP contribution in [0.5, 0.6) is 0 Å². The minimum Gasteiger partial charge on any atom is -0.343 e. The molecule has 17 heavy (non-hydrogen) atoms. The van der Waals surface area contributed by atoms with Gasteiger partial charge in [-0.1, -0.05) is 6.92 Å². The van der Waals surface area contributed by atoms with Crippen molar-refractivity contribution >= 4 is 23.2 Å². The standard InChI is InChI=1S/C11H15N3O2S/c1-3-8-11(16)14(5-10(15)13-8)4-9-7(2)12-6-17-9/h6,8H,3-5H2,1-2H3,(H,13,15). The van der Waals surface area contributed by atoms with Crippen molar-refractivity contribution in [3.8, 4) is 0 Å². The SMILES string of the molecule is CCC1NC(=O)CN(Cc2scnc2C)C1=O. The molecule has 2 rings (SSSR count). The van der Waals surface area contributed by atoms with Crippen LogP contribution in [0.4, 0.5) is 0 Å². The van der Waals surface area contributed by atoms with Crippen LogP contribution >= 0.6 is 11.3 Å². The van der Waals surface area contributed by atoms with Crippen molar-refractivity contribution < 1.29 is 9.59 Å². The zero-order valence-corrected chi connectivity index (χ0v) is 10.7. The van der Waals surface area contributed by atoms with E-state index in [4.69, 9.17) is 0 Å². The van der Waals surface area contributed by atoms with Crippen molar-refractivity contribution in [2.45, 2.75) is 32.9 Å². The third-order valence-corrected chi connectivity index (χ3v) is 3.79. The predicted octanol–water partition coefficient (Wildman–Crippen LogP) is 0.689. The number of aryl methyl sites for hydroxylation is 1. The average molecular weight is 253 g/mol. The van der Waals surface area contributed by atoms with Gasteiger partial charge in [-0.3, -0.25) is 9.59 Å². The molecule has 1 aliphatic rings. The van der Waals surface area contributed by atoms with E-state index >= 15 is 0 Å². The Morgan fingerprint density at radius 2 is 2.35 bits per heavy atom. The monoisotopic (exact) mass is 253 g/mol. The summed E-state index contributed by atoms with van der Waals surface area (Å²) in [5.41, 5.74) is 2.69. The Kier molecular flexibility index (Phi) is 3.42. The van der Waals surface area contributed by atoms with Gasteiger partial charge in [-0.15, -0.1) is 11.3 Å². The number of aromatic nitrogens is 1. The van der Waals surface area contributed by atoms with Crippen molar-refractivity contribution in [2.24, 2.45) is 0 Å². The van der Waals surface area contributed by atoms with Crippen molar-refractivity contribution in [3.05, 3.63) is 16.1 Å². The van der Waals surface area contributed by atoms with Crippen molar-refractivity contribution in [3.63, 3.8) is 0 Å². The van der Waals surface area contributed by atoms with Gasteiger partial charge in [-0.05, 0) is 13.3 Å². The predicted molar refractivity (Wildman–Crippen MR) is 64.5 cm³/mol. The molecule has 2 amide bonds. The summed E-state index contributed by atoms with van der Waals surface area (Å²) >= 11 is 1.52. The third-order valence-electron chi connectivity index (χ3n) is 2.87. The molecule has 1 aromatic rings. The highest BCUT2D eigenvalue weighted by atomic mass is 32.1. The first-order valence-corrected chi connectivity index (χ1v) is 6.47. The van der Waals surface area contributed by atoms with Gasteiger partial charge in [0.05, 0.1) is 24.3 Å². The number of thiazole rings is 1. The minimum atomic E-state index is -0.371. The lowest BCUT2D eigenvalue weighted by atomic mass is 10.1. The van der Waals surface area contributed by atoms with Gasteiger partial charge in [0.1, 0.15) is 6.04 Å². The van der Waals surface area contributed by atoms with Crippen LogP contribution in [-0.2, 0) is 16.1 Å². The Morgan fingerprint density at radius 3 is 2.94 bits per heavy atom.